The SMILES string of the molecule is CC[C@H]1C=CC=CC[C@@H](C)[C@H](O)[C@@](C)(O)C(=O)[C@@H](C)[C@H](O)[C@@H](C)C(=O)[C@@H](C)[C@H](O)[C@@H](C)C=CC(=O)O[C@@H]2[C@H](C)[C@H](CC1)O[C@@]1(O[C@@H](C[C@@H](C)O)[C@@H](C)CC1=O)[C@]2(C)O. The van der Waals surface area contributed by atoms with Gasteiger partial charge in [0.15, 0.2) is 17.2 Å². The molecule has 6 N–H and O–H groups in total. The Bertz CT molecular complexity index is 1510. The van der Waals surface area contributed by atoms with Crippen molar-refractivity contribution in [3.63, 3.8) is 0 Å². The quantitative estimate of drug-likeness (QED) is 0.221. The van der Waals surface area contributed by atoms with Gasteiger partial charge in [0.25, 0.3) is 5.79 Å². The molecule has 13 nitrogen and oxygen atoms in total. The zero-order valence-electron chi connectivity index (χ0n) is 36.4. The predicted octanol–water partition coefficient (Wildman–Crippen LogP) is 4.18. The van der Waals surface area contributed by atoms with Crippen molar-refractivity contribution in [2.24, 2.45) is 47.3 Å². The lowest BCUT2D eigenvalue weighted by Crippen LogP contribution is -2.75. The van der Waals surface area contributed by atoms with Crippen LogP contribution in [0, 0.1) is 47.3 Å². The van der Waals surface area contributed by atoms with Crippen LogP contribution in [0.2, 0.25) is 0 Å². The van der Waals surface area contributed by atoms with Gasteiger partial charge < -0.3 is 44.8 Å². The fraction of sp³-hybridized carbons (Fsp3) is 0.778. The van der Waals surface area contributed by atoms with Gasteiger partial charge in [0.1, 0.15) is 17.5 Å². The molecule has 3 aliphatic heterocycles. The zero-order valence-corrected chi connectivity index (χ0v) is 36.4. The Labute approximate surface area is 344 Å². The van der Waals surface area contributed by atoms with E-state index in [1.165, 1.54) is 40.7 Å². The van der Waals surface area contributed by atoms with E-state index in [1.807, 2.05) is 38.2 Å². The maximum Gasteiger partial charge on any atom is 0.330 e. The molecule has 1 spiro atoms. The summed E-state index contributed by atoms with van der Waals surface area (Å²) in [7, 11) is 0. The fourth-order valence-corrected chi connectivity index (χ4v) is 8.94. The standard InChI is InChI=1S/C45H72O13/c1-12-32-17-15-13-14-16-25(3)40(52)43(10,54)41(53)31(9)39(51)30(8)38(50)29(7)37(49)24(2)18-21-36(48)56-42-28(6)33(20-19-32)57-45(44(42,11)55)35(47)22-26(4)34(58-45)23-27(5)46/h13-15,17-18,21,24-34,37,39-40,42,46,49,51-52,54-55H,12,16,19-20,22-23H2,1-11H3/t24-,25+,26-,27+,28+,29-,30-,31-,32-,33-,34-,37+,39+,40-,42+,43+,44+,45-/m0/s1. The number of ether oxygens (including phenoxy) is 3. The number of hydrogen-bond donors (Lipinski definition) is 6. The molecule has 330 valence electrons. The number of aliphatic hydroxyl groups is 6. The third-order valence-electron chi connectivity index (χ3n) is 13.3. The molecule has 2 fully saturated rings. The molecule has 18 atom stereocenters. The molecule has 0 amide bonds. The Morgan fingerprint density at radius 2 is 1.45 bits per heavy atom. The summed E-state index contributed by atoms with van der Waals surface area (Å²) >= 11 is 0. The largest absolute Gasteiger partial charge is 0.456 e. The third kappa shape index (κ3) is 10.8. The van der Waals surface area contributed by atoms with Gasteiger partial charge in [-0.2, -0.15) is 0 Å². The molecule has 0 aromatic rings. The van der Waals surface area contributed by atoms with Crippen LogP contribution in [0.4, 0.5) is 0 Å². The molecule has 58 heavy (non-hydrogen) atoms. The smallest absolute Gasteiger partial charge is 0.330 e. The van der Waals surface area contributed by atoms with Crippen molar-refractivity contribution in [3.05, 3.63) is 36.5 Å². The van der Waals surface area contributed by atoms with Crippen molar-refractivity contribution in [1.29, 1.82) is 0 Å². The first-order chi connectivity index (χ1) is 26.8. The lowest BCUT2D eigenvalue weighted by atomic mass is 9.71. The van der Waals surface area contributed by atoms with Gasteiger partial charge in [-0.3, -0.25) is 14.4 Å². The summed E-state index contributed by atoms with van der Waals surface area (Å²) in [5.41, 5.74) is -4.38. The van der Waals surface area contributed by atoms with E-state index in [4.69, 9.17) is 14.2 Å². The normalized spacial score (nSPS) is 45.3. The molecule has 3 rings (SSSR count). The summed E-state index contributed by atoms with van der Waals surface area (Å²) in [6.07, 6.45) is 4.55. The van der Waals surface area contributed by atoms with Gasteiger partial charge in [-0.15, -0.1) is 0 Å². The number of hydrogen-bond acceptors (Lipinski definition) is 13. The lowest BCUT2D eigenvalue weighted by molar-refractivity contribution is -0.388. The molecular weight excluding hydrogens is 748 g/mol. The molecule has 0 aliphatic carbocycles. The summed E-state index contributed by atoms with van der Waals surface area (Å²) < 4.78 is 19.0. The first kappa shape index (κ1) is 49.7. The number of fused-ring (bicyclic) bond motifs is 2. The number of rotatable bonds is 3. The first-order valence-corrected chi connectivity index (χ1v) is 21.2. The molecule has 0 aromatic carbocycles. The molecular formula is C45H72O13. The summed E-state index contributed by atoms with van der Waals surface area (Å²) in [5, 5.41) is 67.3. The molecule has 0 saturated carbocycles. The Kier molecular flexibility index (Phi) is 17.4. The number of carbonyl (C=O) groups excluding carboxylic acids is 4. The van der Waals surface area contributed by atoms with Crippen LogP contribution in [-0.4, -0.2) is 114 Å². The summed E-state index contributed by atoms with van der Waals surface area (Å²) in [5.74, 6) is -10.5. The van der Waals surface area contributed by atoms with Gasteiger partial charge in [-0.1, -0.05) is 85.8 Å². The van der Waals surface area contributed by atoms with Gasteiger partial charge in [-0.05, 0) is 70.6 Å². The third-order valence-corrected chi connectivity index (χ3v) is 13.3. The van der Waals surface area contributed by atoms with Crippen LogP contribution < -0.4 is 0 Å². The average Bonchev–Trinajstić information content (AvgIpc) is 3.16. The number of esters is 1. The molecule has 13 heteroatoms. The molecule has 2 bridgehead atoms. The maximum atomic E-state index is 14.0. The number of allylic oxidation sites excluding steroid dienone is 4. The molecule has 0 unspecified atom stereocenters. The Morgan fingerprint density at radius 3 is 2.05 bits per heavy atom. The monoisotopic (exact) mass is 820 g/mol. The van der Waals surface area contributed by atoms with E-state index < -0.39 is 119 Å². The van der Waals surface area contributed by atoms with Gasteiger partial charge in [-0.25, -0.2) is 4.79 Å². The second-order valence-corrected chi connectivity index (χ2v) is 18.2. The zero-order chi connectivity index (χ0) is 44.1. The van der Waals surface area contributed by atoms with Crippen molar-refractivity contribution >= 4 is 23.3 Å². The Balaban J connectivity index is 2.06. The highest BCUT2D eigenvalue weighted by molar-refractivity contribution is 5.91. The van der Waals surface area contributed by atoms with Gasteiger partial charge >= 0.3 is 5.97 Å². The van der Waals surface area contributed by atoms with Crippen molar-refractivity contribution in [2.45, 2.75) is 174 Å². The van der Waals surface area contributed by atoms with Crippen LogP contribution in [0.15, 0.2) is 36.5 Å². The number of carbonyl (C=O) groups is 4. The van der Waals surface area contributed by atoms with E-state index in [9.17, 15) is 49.8 Å². The maximum absolute atomic E-state index is 14.0. The van der Waals surface area contributed by atoms with E-state index in [1.54, 1.807) is 27.7 Å². The van der Waals surface area contributed by atoms with E-state index >= 15 is 0 Å². The predicted molar refractivity (Wildman–Crippen MR) is 217 cm³/mol. The van der Waals surface area contributed by atoms with Gasteiger partial charge in [0.2, 0.25) is 0 Å². The van der Waals surface area contributed by atoms with Crippen LogP contribution in [0.1, 0.15) is 115 Å². The Hall–Kier alpha value is -2.62. The fourth-order valence-electron chi connectivity index (χ4n) is 8.94. The lowest BCUT2D eigenvalue weighted by Gasteiger charge is -2.57. The van der Waals surface area contributed by atoms with Crippen LogP contribution >= 0.6 is 0 Å². The number of aliphatic hydroxyl groups excluding tert-OH is 4. The van der Waals surface area contributed by atoms with E-state index in [-0.39, 0.29) is 24.7 Å². The van der Waals surface area contributed by atoms with E-state index in [0.29, 0.717) is 19.3 Å². The van der Waals surface area contributed by atoms with Crippen LogP contribution in [0.3, 0.4) is 0 Å². The van der Waals surface area contributed by atoms with Crippen LogP contribution in [-0.2, 0) is 33.4 Å². The van der Waals surface area contributed by atoms with Crippen molar-refractivity contribution in [2.75, 3.05) is 0 Å². The topological polar surface area (TPSA) is 217 Å². The average molecular weight is 821 g/mol. The minimum atomic E-state index is -2.23. The second-order valence-electron chi connectivity index (χ2n) is 18.2. The molecule has 0 radical (unpaired) electrons. The summed E-state index contributed by atoms with van der Waals surface area (Å²) in [6, 6.07) is 0. The first-order valence-electron chi connectivity index (χ1n) is 21.2. The minimum absolute atomic E-state index is 0.00618. The molecule has 0 aromatic heterocycles. The highest BCUT2D eigenvalue weighted by atomic mass is 16.7. The second kappa shape index (κ2) is 20.3. The highest BCUT2D eigenvalue weighted by Gasteiger charge is 2.69. The van der Waals surface area contributed by atoms with E-state index in [2.05, 4.69) is 0 Å². The Morgan fingerprint density at radius 1 is 0.828 bits per heavy atom. The van der Waals surface area contributed by atoms with Crippen molar-refractivity contribution < 1.29 is 64.0 Å². The van der Waals surface area contributed by atoms with Crippen molar-refractivity contribution in [1.82, 2.24) is 0 Å². The highest BCUT2D eigenvalue weighted by Crippen LogP contribution is 2.49. The van der Waals surface area contributed by atoms with Crippen molar-refractivity contribution in [3.8, 4) is 0 Å². The van der Waals surface area contributed by atoms with Gasteiger partial charge in [0, 0.05) is 42.1 Å². The molecule has 3 heterocycles. The minimum Gasteiger partial charge on any atom is -0.456 e. The number of Topliss-reactive ketones (excluding diaryl/α,β-unsaturated/α-hetero) is 3. The van der Waals surface area contributed by atoms with E-state index in [0.717, 1.165) is 12.5 Å². The molecule has 3 aliphatic rings. The van der Waals surface area contributed by atoms with Crippen LogP contribution in [0.5, 0.6) is 0 Å². The van der Waals surface area contributed by atoms with Crippen LogP contribution in [0.25, 0.3) is 0 Å². The van der Waals surface area contributed by atoms with Gasteiger partial charge in [0.05, 0.1) is 36.6 Å². The summed E-state index contributed by atoms with van der Waals surface area (Å²) in [4.78, 5) is 54.6. The summed E-state index contributed by atoms with van der Waals surface area (Å²) in [6.45, 7) is 17.4. The number of ketones is 3. The molecule has 2 saturated heterocycles.